The Balaban J connectivity index is 1.98. The summed E-state index contributed by atoms with van der Waals surface area (Å²) in [5.74, 6) is -0.170. The van der Waals surface area contributed by atoms with Gasteiger partial charge < -0.3 is 15.4 Å². The number of nitrogens with zero attached hydrogens (tertiary/aromatic N) is 1. The van der Waals surface area contributed by atoms with E-state index in [1.165, 1.54) is 18.4 Å². The van der Waals surface area contributed by atoms with Crippen molar-refractivity contribution in [2.75, 3.05) is 19.0 Å². The predicted molar refractivity (Wildman–Crippen MR) is 137 cm³/mol. The van der Waals surface area contributed by atoms with Gasteiger partial charge in [-0.2, -0.15) is 0 Å². The van der Waals surface area contributed by atoms with Crippen molar-refractivity contribution in [1.82, 2.24) is 15.8 Å². The topological polar surface area (TPSA) is 130 Å². The van der Waals surface area contributed by atoms with Gasteiger partial charge in [0.2, 0.25) is 11.8 Å². The van der Waals surface area contributed by atoms with Crippen molar-refractivity contribution >= 4 is 34.2 Å². The molecule has 0 fully saturated rings. The van der Waals surface area contributed by atoms with E-state index in [1.54, 1.807) is 17.6 Å². The molecule has 1 aromatic heterocycles. The number of aromatic nitrogens is 1. The Morgan fingerprint density at radius 3 is 2.46 bits per heavy atom. The number of rotatable bonds is 15. The average molecular weight is 505 g/mol. The lowest BCUT2D eigenvalue weighted by atomic mass is 10.1. The third kappa shape index (κ3) is 9.29. The van der Waals surface area contributed by atoms with Gasteiger partial charge in [-0.3, -0.25) is 19.6 Å². The van der Waals surface area contributed by atoms with Crippen molar-refractivity contribution in [2.24, 2.45) is 0 Å². The van der Waals surface area contributed by atoms with Crippen molar-refractivity contribution in [2.45, 2.75) is 71.6 Å². The maximum Gasteiger partial charge on any atom is 0.255 e. The summed E-state index contributed by atoms with van der Waals surface area (Å²) in [6.45, 7) is 4.49. The first-order valence-electron chi connectivity index (χ1n) is 12.1. The van der Waals surface area contributed by atoms with Crippen molar-refractivity contribution in [3.8, 4) is 16.2 Å². The summed E-state index contributed by atoms with van der Waals surface area (Å²) >= 11 is 1.39. The van der Waals surface area contributed by atoms with Crippen molar-refractivity contribution < 1.29 is 24.3 Å². The minimum absolute atomic E-state index is 0.0368. The molecule has 3 amide bonds. The molecule has 0 aliphatic heterocycles. The van der Waals surface area contributed by atoms with E-state index in [0.29, 0.717) is 35.8 Å². The van der Waals surface area contributed by atoms with E-state index < -0.39 is 0 Å². The normalized spacial score (nSPS) is 10.6. The Bertz CT molecular complexity index is 992. The van der Waals surface area contributed by atoms with Crippen LogP contribution in [0.4, 0.5) is 5.13 Å². The van der Waals surface area contributed by atoms with Gasteiger partial charge in [-0.1, -0.05) is 43.9 Å². The Labute approximate surface area is 210 Å². The molecule has 4 N–H and O–H groups in total. The van der Waals surface area contributed by atoms with Crippen LogP contribution < -0.4 is 20.9 Å². The highest BCUT2D eigenvalue weighted by atomic mass is 32.1. The maximum atomic E-state index is 12.8. The molecule has 2 aromatic rings. The molecule has 0 unspecified atom stereocenters. The molecule has 0 saturated carbocycles. The summed E-state index contributed by atoms with van der Waals surface area (Å²) in [7, 11) is 1.53. The molecule has 0 atom stereocenters. The lowest BCUT2D eigenvalue weighted by Gasteiger charge is -2.11. The summed E-state index contributed by atoms with van der Waals surface area (Å²) < 4.78 is 5.40. The van der Waals surface area contributed by atoms with Crippen LogP contribution in [0, 0.1) is 6.92 Å². The van der Waals surface area contributed by atoms with Gasteiger partial charge in [-0.25, -0.2) is 10.5 Å². The van der Waals surface area contributed by atoms with Crippen molar-refractivity contribution in [3.05, 3.63) is 29.5 Å². The molecule has 9 nitrogen and oxygen atoms in total. The lowest BCUT2D eigenvalue weighted by Crippen LogP contribution is -2.25. The highest BCUT2D eigenvalue weighted by molar-refractivity contribution is 7.19. The Hall–Kier alpha value is -2.98. The van der Waals surface area contributed by atoms with E-state index in [9.17, 15) is 14.4 Å². The second-order valence-electron chi connectivity index (χ2n) is 8.31. The highest BCUT2D eigenvalue weighted by Crippen LogP contribution is 2.35. The van der Waals surface area contributed by atoms with Gasteiger partial charge in [-0.05, 0) is 49.9 Å². The SMILES string of the molecule is CCCCCC(=O)Nc1nc(C)c(-c2ccc(OC)c(C(=O)NCCCCCCC(=O)NO)c2)s1. The van der Waals surface area contributed by atoms with Gasteiger partial charge in [0.05, 0.1) is 23.2 Å². The number of unbranched alkanes of at least 4 members (excludes halogenated alkanes) is 5. The summed E-state index contributed by atoms with van der Waals surface area (Å²) in [5.41, 5.74) is 3.67. The maximum absolute atomic E-state index is 12.8. The average Bonchev–Trinajstić information content (AvgIpc) is 3.22. The third-order valence-electron chi connectivity index (χ3n) is 5.50. The van der Waals surface area contributed by atoms with E-state index in [2.05, 4.69) is 22.5 Å². The van der Waals surface area contributed by atoms with Gasteiger partial charge in [0, 0.05) is 19.4 Å². The van der Waals surface area contributed by atoms with Crippen molar-refractivity contribution in [1.29, 1.82) is 0 Å². The van der Waals surface area contributed by atoms with Crippen LogP contribution in [-0.4, -0.2) is 41.6 Å². The molecule has 0 radical (unpaired) electrons. The van der Waals surface area contributed by atoms with Crippen LogP contribution in [0.5, 0.6) is 5.75 Å². The monoisotopic (exact) mass is 504 g/mol. The summed E-state index contributed by atoms with van der Waals surface area (Å²) in [6.07, 6.45) is 6.88. The van der Waals surface area contributed by atoms with Crippen LogP contribution in [0.2, 0.25) is 0 Å². The molecule has 1 heterocycles. The lowest BCUT2D eigenvalue weighted by molar-refractivity contribution is -0.129. The van der Waals surface area contributed by atoms with Gasteiger partial charge in [0.25, 0.3) is 5.91 Å². The van der Waals surface area contributed by atoms with Crippen LogP contribution in [0.1, 0.15) is 80.8 Å². The number of nitrogens with one attached hydrogen (secondary N) is 3. The standard InChI is InChI=1S/C25H36N4O5S/c1-4-5-8-11-21(30)28-25-27-17(2)23(35-25)18-13-14-20(34-3)19(16-18)24(32)26-15-10-7-6-9-12-22(31)29-33/h13-14,16,33H,4-12,15H2,1-3H3,(H,26,32)(H,29,31)(H,27,28,30). The third-order valence-corrected chi connectivity index (χ3v) is 6.62. The molecular weight excluding hydrogens is 468 g/mol. The molecule has 1 aromatic carbocycles. The van der Waals surface area contributed by atoms with Crippen LogP contribution in [0.3, 0.4) is 0 Å². The Morgan fingerprint density at radius 1 is 1.03 bits per heavy atom. The molecular formula is C25H36N4O5S. The number of anilines is 1. The zero-order valence-corrected chi connectivity index (χ0v) is 21.6. The number of benzene rings is 1. The van der Waals surface area contributed by atoms with E-state index in [1.807, 2.05) is 13.0 Å². The Morgan fingerprint density at radius 2 is 1.74 bits per heavy atom. The quantitative estimate of drug-likeness (QED) is 0.156. The molecule has 2 rings (SSSR count). The number of carbonyl (C=O) groups excluding carboxylic acids is 3. The van der Waals surface area contributed by atoms with Gasteiger partial charge in [-0.15, -0.1) is 0 Å². The molecule has 0 spiro atoms. The van der Waals surface area contributed by atoms with Gasteiger partial charge >= 0.3 is 0 Å². The van der Waals surface area contributed by atoms with Crippen molar-refractivity contribution in [3.63, 3.8) is 0 Å². The fourth-order valence-electron chi connectivity index (χ4n) is 3.58. The smallest absolute Gasteiger partial charge is 0.255 e. The summed E-state index contributed by atoms with van der Waals surface area (Å²) in [5, 5.41) is 14.8. The number of aryl methyl sites for hydroxylation is 1. The molecule has 0 aliphatic rings. The highest BCUT2D eigenvalue weighted by Gasteiger charge is 2.17. The number of ether oxygens (including phenoxy) is 1. The molecule has 35 heavy (non-hydrogen) atoms. The number of hydrogen-bond donors (Lipinski definition) is 4. The first-order chi connectivity index (χ1) is 16.9. The number of thiazole rings is 1. The van der Waals surface area contributed by atoms with Crippen LogP contribution in [0.25, 0.3) is 10.4 Å². The fourth-order valence-corrected chi connectivity index (χ4v) is 4.56. The molecule has 0 saturated heterocycles. The van der Waals surface area contributed by atoms with E-state index in [-0.39, 0.29) is 24.1 Å². The Kier molecular flexibility index (Phi) is 12.2. The van der Waals surface area contributed by atoms with E-state index >= 15 is 0 Å². The van der Waals surface area contributed by atoms with Crippen LogP contribution >= 0.6 is 11.3 Å². The number of amides is 3. The summed E-state index contributed by atoms with van der Waals surface area (Å²) in [4.78, 5) is 41.4. The predicted octanol–water partition coefficient (Wildman–Crippen LogP) is 4.83. The van der Waals surface area contributed by atoms with Crippen LogP contribution in [0.15, 0.2) is 18.2 Å². The first-order valence-corrected chi connectivity index (χ1v) is 12.9. The van der Waals surface area contributed by atoms with E-state index in [0.717, 1.165) is 54.7 Å². The first kappa shape index (κ1) is 28.3. The molecule has 0 aliphatic carbocycles. The minimum atomic E-state index is -0.386. The second-order valence-corrected chi connectivity index (χ2v) is 9.31. The zero-order chi connectivity index (χ0) is 25.6. The van der Waals surface area contributed by atoms with E-state index in [4.69, 9.17) is 9.94 Å². The molecule has 0 bridgehead atoms. The number of hydrogen-bond acceptors (Lipinski definition) is 7. The number of hydroxylamine groups is 1. The zero-order valence-electron chi connectivity index (χ0n) is 20.7. The molecule has 192 valence electrons. The number of methoxy groups -OCH3 is 1. The molecule has 10 heteroatoms. The van der Waals surface area contributed by atoms with Gasteiger partial charge in [0.1, 0.15) is 5.75 Å². The summed E-state index contributed by atoms with van der Waals surface area (Å²) in [6, 6.07) is 5.43. The minimum Gasteiger partial charge on any atom is -0.496 e. The fraction of sp³-hybridized carbons (Fsp3) is 0.520. The second kappa shape index (κ2) is 15.1. The largest absolute Gasteiger partial charge is 0.496 e. The van der Waals surface area contributed by atoms with Gasteiger partial charge in [0.15, 0.2) is 5.13 Å². The van der Waals surface area contributed by atoms with Crippen LogP contribution in [-0.2, 0) is 9.59 Å². The number of carbonyl (C=O) groups is 3.